The van der Waals surface area contributed by atoms with Gasteiger partial charge in [0.05, 0.1) is 12.1 Å². The zero-order valence-electron chi connectivity index (χ0n) is 12.0. The van der Waals surface area contributed by atoms with Gasteiger partial charge in [0, 0.05) is 11.4 Å². The number of ketones is 1. The van der Waals surface area contributed by atoms with Gasteiger partial charge in [-0.3, -0.25) is 9.69 Å². The lowest BCUT2D eigenvalue weighted by Crippen LogP contribution is -2.37. The molecular weight excluding hydrogens is 238 g/mol. The van der Waals surface area contributed by atoms with Crippen LogP contribution in [0.4, 0.5) is 0 Å². The Hall–Kier alpha value is -1.61. The van der Waals surface area contributed by atoms with Crippen LogP contribution in [-0.2, 0) is 0 Å². The van der Waals surface area contributed by atoms with Crippen molar-refractivity contribution in [2.45, 2.75) is 26.8 Å². The van der Waals surface area contributed by atoms with Crippen molar-refractivity contribution in [2.75, 3.05) is 13.6 Å². The van der Waals surface area contributed by atoms with Gasteiger partial charge in [0.25, 0.3) is 0 Å². The molecule has 0 N–H and O–H groups in total. The summed E-state index contributed by atoms with van der Waals surface area (Å²) in [4.78, 5) is 14.4. The van der Waals surface area contributed by atoms with Gasteiger partial charge < -0.3 is 4.42 Å². The molecule has 1 heterocycles. The summed E-state index contributed by atoms with van der Waals surface area (Å²) >= 11 is 0. The van der Waals surface area contributed by atoms with Crippen molar-refractivity contribution in [1.29, 1.82) is 0 Å². The number of rotatable bonds is 5. The molecule has 0 spiro atoms. The summed E-state index contributed by atoms with van der Waals surface area (Å²) < 4.78 is 5.42. The van der Waals surface area contributed by atoms with Crippen molar-refractivity contribution in [2.24, 2.45) is 5.92 Å². The largest absolute Gasteiger partial charge is 0.464 e. The predicted molar refractivity (Wildman–Crippen MR) is 77.5 cm³/mol. The van der Waals surface area contributed by atoms with Crippen molar-refractivity contribution in [1.82, 2.24) is 4.90 Å². The number of Topliss-reactive ketones (excluding diaryl/α,β-unsaturated/α-hetero) is 1. The molecule has 0 radical (unpaired) electrons. The number of furan rings is 1. The van der Waals surface area contributed by atoms with Crippen LogP contribution in [0.25, 0.3) is 11.0 Å². The van der Waals surface area contributed by atoms with Crippen LogP contribution >= 0.6 is 0 Å². The van der Waals surface area contributed by atoms with Gasteiger partial charge in [-0.25, -0.2) is 0 Å². The van der Waals surface area contributed by atoms with Gasteiger partial charge >= 0.3 is 0 Å². The van der Waals surface area contributed by atoms with Crippen LogP contribution in [0.15, 0.2) is 34.9 Å². The topological polar surface area (TPSA) is 33.5 Å². The molecule has 3 heteroatoms. The number of nitrogens with zero attached hydrogens (tertiary/aromatic N) is 1. The zero-order chi connectivity index (χ0) is 14.0. The van der Waals surface area contributed by atoms with E-state index in [-0.39, 0.29) is 5.78 Å². The normalized spacial score (nSPS) is 13.4. The van der Waals surface area contributed by atoms with Gasteiger partial charge in [0.2, 0.25) is 0 Å². The van der Waals surface area contributed by atoms with E-state index >= 15 is 0 Å². The smallest absolute Gasteiger partial charge is 0.180 e. The molecule has 0 bridgehead atoms. The van der Waals surface area contributed by atoms with Gasteiger partial charge in [-0.2, -0.15) is 0 Å². The van der Waals surface area contributed by atoms with Crippen molar-refractivity contribution in [3.63, 3.8) is 0 Å². The minimum Gasteiger partial charge on any atom is -0.464 e. The number of fused-ring (bicyclic) bond motifs is 1. The number of carbonyl (C=O) groups excluding carboxylic acids is 1. The highest BCUT2D eigenvalue weighted by Gasteiger charge is 2.19. The Balaban J connectivity index is 2.16. The minimum atomic E-state index is 0.111. The Morgan fingerprint density at radius 3 is 2.63 bits per heavy atom. The Morgan fingerprint density at radius 2 is 1.95 bits per heavy atom. The highest BCUT2D eigenvalue weighted by Crippen LogP contribution is 2.21. The lowest BCUT2D eigenvalue weighted by Gasteiger charge is -2.26. The molecule has 1 aromatic carbocycles. The van der Waals surface area contributed by atoms with Crippen LogP contribution in [0.2, 0.25) is 0 Å². The highest BCUT2D eigenvalue weighted by molar-refractivity contribution is 6.08. The number of hydrogen-bond acceptors (Lipinski definition) is 3. The van der Waals surface area contributed by atoms with Gasteiger partial charge in [-0.05, 0) is 26.0 Å². The van der Waals surface area contributed by atoms with E-state index in [1.807, 2.05) is 31.3 Å². The molecule has 0 aliphatic heterocycles. The number of hydrogen-bond donors (Lipinski definition) is 0. The SMILES string of the molecule is CC(C)C(C)N(C)CC(=O)c1coc2ccccc12. The van der Waals surface area contributed by atoms with Crippen molar-refractivity contribution in [3.8, 4) is 0 Å². The van der Waals surface area contributed by atoms with Crippen molar-refractivity contribution in [3.05, 3.63) is 36.1 Å². The third-order valence-corrected chi connectivity index (χ3v) is 3.83. The van der Waals surface area contributed by atoms with Gasteiger partial charge in [0.15, 0.2) is 5.78 Å². The summed E-state index contributed by atoms with van der Waals surface area (Å²) in [6, 6.07) is 8.02. The quantitative estimate of drug-likeness (QED) is 0.769. The van der Waals surface area contributed by atoms with E-state index < -0.39 is 0 Å². The first-order chi connectivity index (χ1) is 9.00. The second-order valence-corrected chi connectivity index (χ2v) is 5.47. The number of benzene rings is 1. The number of para-hydroxylation sites is 1. The monoisotopic (exact) mass is 259 g/mol. The van der Waals surface area contributed by atoms with E-state index in [1.54, 1.807) is 6.26 Å². The first kappa shape index (κ1) is 13.8. The highest BCUT2D eigenvalue weighted by atomic mass is 16.3. The number of likely N-dealkylation sites (N-methyl/N-ethyl adjacent to an activating group) is 1. The third-order valence-electron chi connectivity index (χ3n) is 3.83. The Bertz CT molecular complexity index is 571. The summed E-state index contributed by atoms with van der Waals surface area (Å²) in [6.45, 7) is 6.89. The Kier molecular flexibility index (Phi) is 4.05. The van der Waals surface area contributed by atoms with E-state index in [4.69, 9.17) is 4.42 Å². The predicted octanol–water partition coefficient (Wildman–Crippen LogP) is 3.59. The summed E-state index contributed by atoms with van der Waals surface area (Å²) in [5.41, 5.74) is 1.45. The molecule has 3 nitrogen and oxygen atoms in total. The molecule has 0 aliphatic carbocycles. The second kappa shape index (κ2) is 5.57. The lowest BCUT2D eigenvalue weighted by atomic mass is 10.0. The molecule has 1 unspecified atom stereocenters. The maximum Gasteiger partial charge on any atom is 0.180 e. The molecule has 102 valence electrons. The average Bonchev–Trinajstić information content (AvgIpc) is 2.81. The summed E-state index contributed by atoms with van der Waals surface area (Å²) in [6.07, 6.45) is 1.57. The van der Waals surface area contributed by atoms with Crippen LogP contribution in [0.3, 0.4) is 0 Å². The first-order valence-electron chi connectivity index (χ1n) is 6.70. The number of carbonyl (C=O) groups is 1. The van der Waals surface area contributed by atoms with Gasteiger partial charge in [-0.1, -0.05) is 32.0 Å². The van der Waals surface area contributed by atoms with Crippen LogP contribution in [0.1, 0.15) is 31.1 Å². The van der Waals surface area contributed by atoms with Crippen molar-refractivity contribution < 1.29 is 9.21 Å². The maximum absolute atomic E-state index is 12.4. The molecule has 0 saturated heterocycles. The molecule has 2 rings (SSSR count). The Labute approximate surface area is 114 Å². The fourth-order valence-corrected chi connectivity index (χ4v) is 2.16. The van der Waals surface area contributed by atoms with E-state index in [0.29, 0.717) is 24.1 Å². The van der Waals surface area contributed by atoms with E-state index in [9.17, 15) is 4.79 Å². The molecule has 2 aromatic rings. The van der Waals surface area contributed by atoms with E-state index in [0.717, 1.165) is 11.0 Å². The molecule has 0 saturated carbocycles. The lowest BCUT2D eigenvalue weighted by molar-refractivity contribution is 0.0907. The van der Waals surface area contributed by atoms with Crippen LogP contribution in [0, 0.1) is 5.92 Å². The summed E-state index contributed by atoms with van der Waals surface area (Å²) in [7, 11) is 1.99. The third kappa shape index (κ3) is 2.87. The fraction of sp³-hybridized carbons (Fsp3) is 0.438. The van der Waals surface area contributed by atoms with Crippen molar-refractivity contribution >= 4 is 16.8 Å². The zero-order valence-corrected chi connectivity index (χ0v) is 12.0. The summed E-state index contributed by atoms with van der Waals surface area (Å²) in [5.74, 6) is 0.638. The fourth-order valence-electron chi connectivity index (χ4n) is 2.16. The summed E-state index contributed by atoms with van der Waals surface area (Å²) in [5, 5.41) is 0.901. The van der Waals surface area contributed by atoms with Crippen LogP contribution in [-0.4, -0.2) is 30.3 Å². The molecule has 1 aromatic heterocycles. The van der Waals surface area contributed by atoms with E-state index in [1.165, 1.54) is 0 Å². The van der Waals surface area contributed by atoms with Crippen LogP contribution < -0.4 is 0 Å². The molecular formula is C16H21NO2. The molecule has 0 aliphatic rings. The van der Waals surface area contributed by atoms with Crippen LogP contribution in [0.5, 0.6) is 0 Å². The molecule has 0 fully saturated rings. The molecule has 0 amide bonds. The van der Waals surface area contributed by atoms with E-state index in [2.05, 4.69) is 25.7 Å². The second-order valence-electron chi connectivity index (χ2n) is 5.47. The standard InChI is InChI=1S/C16H21NO2/c1-11(2)12(3)17(4)9-15(18)14-10-19-16-8-6-5-7-13(14)16/h5-8,10-12H,9H2,1-4H3. The Morgan fingerprint density at radius 1 is 1.26 bits per heavy atom. The minimum absolute atomic E-state index is 0.111. The van der Waals surface area contributed by atoms with Gasteiger partial charge in [0.1, 0.15) is 11.8 Å². The first-order valence-corrected chi connectivity index (χ1v) is 6.70. The van der Waals surface area contributed by atoms with Gasteiger partial charge in [-0.15, -0.1) is 0 Å². The molecule has 19 heavy (non-hydrogen) atoms. The molecule has 1 atom stereocenters. The average molecular weight is 259 g/mol. The maximum atomic E-state index is 12.4.